The van der Waals surface area contributed by atoms with Crippen LogP contribution < -0.4 is 4.90 Å². The average Bonchev–Trinajstić information content (AvgIpc) is 2.78. The lowest BCUT2D eigenvalue weighted by molar-refractivity contribution is 0.558. The van der Waals surface area contributed by atoms with E-state index in [4.69, 9.17) is 0 Å². The van der Waals surface area contributed by atoms with Gasteiger partial charge in [-0.3, -0.25) is 0 Å². The summed E-state index contributed by atoms with van der Waals surface area (Å²) in [6, 6.07) is 0.619. The fourth-order valence-electron chi connectivity index (χ4n) is 1.97. The van der Waals surface area contributed by atoms with Crippen LogP contribution in [-0.2, 0) is 0 Å². The number of hydrogen-bond acceptors (Lipinski definition) is 3. The van der Waals surface area contributed by atoms with Crippen LogP contribution in [0.15, 0.2) is 11.6 Å². The molecule has 92 valence electrons. The first-order valence-corrected chi connectivity index (χ1v) is 7.33. The summed E-state index contributed by atoms with van der Waals surface area (Å²) in [5, 5.41) is 3.26. The molecule has 0 radical (unpaired) electrons. The first kappa shape index (κ1) is 13.5. The van der Waals surface area contributed by atoms with Crippen molar-refractivity contribution in [3.8, 4) is 0 Å². The van der Waals surface area contributed by atoms with Gasteiger partial charge in [-0.15, -0.1) is 11.3 Å². The van der Waals surface area contributed by atoms with Gasteiger partial charge >= 0.3 is 0 Å². The molecule has 1 unspecified atom stereocenters. The Morgan fingerprint density at radius 2 is 2.12 bits per heavy atom. The zero-order valence-electron chi connectivity index (χ0n) is 10.8. The van der Waals surface area contributed by atoms with E-state index in [0.29, 0.717) is 6.04 Å². The van der Waals surface area contributed by atoms with Crippen molar-refractivity contribution in [3.63, 3.8) is 0 Å². The number of aromatic nitrogens is 1. The highest BCUT2D eigenvalue weighted by Crippen LogP contribution is 2.22. The van der Waals surface area contributed by atoms with Gasteiger partial charge in [0.1, 0.15) is 0 Å². The van der Waals surface area contributed by atoms with E-state index in [0.717, 1.165) is 6.54 Å². The summed E-state index contributed by atoms with van der Waals surface area (Å²) in [5.74, 6) is 0. The lowest BCUT2D eigenvalue weighted by atomic mass is 10.1. The van der Waals surface area contributed by atoms with Crippen molar-refractivity contribution in [2.45, 2.75) is 58.9 Å². The van der Waals surface area contributed by atoms with Gasteiger partial charge < -0.3 is 4.90 Å². The Hall–Kier alpha value is -0.570. The zero-order chi connectivity index (χ0) is 11.8. The summed E-state index contributed by atoms with van der Waals surface area (Å²) in [6.07, 6.45) is 8.30. The second kappa shape index (κ2) is 7.66. The summed E-state index contributed by atoms with van der Waals surface area (Å²) in [5.41, 5.74) is 0. The second-order valence-corrected chi connectivity index (χ2v) is 5.23. The molecule has 1 atom stereocenters. The SMILES string of the molecule is CCCCCN(c1nccs1)C(C)CCC. The van der Waals surface area contributed by atoms with Crippen LogP contribution in [0.3, 0.4) is 0 Å². The molecule has 0 aromatic carbocycles. The molecule has 0 bridgehead atoms. The molecule has 2 nitrogen and oxygen atoms in total. The lowest BCUT2D eigenvalue weighted by Crippen LogP contribution is -2.33. The van der Waals surface area contributed by atoms with E-state index < -0.39 is 0 Å². The highest BCUT2D eigenvalue weighted by atomic mass is 32.1. The monoisotopic (exact) mass is 240 g/mol. The van der Waals surface area contributed by atoms with E-state index in [1.54, 1.807) is 11.3 Å². The fourth-order valence-corrected chi connectivity index (χ4v) is 2.74. The summed E-state index contributed by atoms with van der Waals surface area (Å²) < 4.78 is 0. The number of hydrogen-bond donors (Lipinski definition) is 0. The molecule has 1 heterocycles. The Morgan fingerprint density at radius 3 is 2.69 bits per heavy atom. The Bertz CT molecular complexity index is 259. The van der Waals surface area contributed by atoms with Crippen molar-refractivity contribution >= 4 is 16.5 Å². The first-order valence-electron chi connectivity index (χ1n) is 6.45. The molecule has 1 aromatic rings. The molecule has 0 aliphatic rings. The van der Waals surface area contributed by atoms with Crippen molar-refractivity contribution < 1.29 is 0 Å². The maximum atomic E-state index is 4.44. The maximum absolute atomic E-state index is 4.44. The molecule has 0 saturated heterocycles. The van der Waals surface area contributed by atoms with Crippen LogP contribution in [0.5, 0.6) is 0 Å². The minimum absolute atomic E-state index is 0.619. The maximum Gasteiger partial charge on any atom is 0.185 e. The van der Waals surface area contributed by atoms with E-state index in [1.807, 2.05) is 6.20 Å². The van der Waals surface area contributed by atoms with Crippen LogP contribution in [0.4, 0.5) is 5.13 Å². The molecule has 0 spiro atoms. The number of thiazole rings is 1. The normalized spacial score (nSPS) is 12.7. The van der Waals surface area contributed by atoms with Gasteiger partial charge in [0.05, 0.1) is 0 Å². The Balaban J connectivity index is 2.54. The highest BCUT2D eigenvalue weighted by Gasteiger charge is 2.15. The van der Waals surface area contributed by atoms with E-state index >= 15 is 0 Å². The van der Waals surface area contributed by atoms with Crippen LogP contribution in [0, 0.1) is 0 Å². The summed E-state index contributed by atoms with van der Waals surface area (Å²) in [7, 11) is 0. The van der Waals surface area contributed by atoms with Crippen LogP contribution in [0.25, 0.3) is 0 Å². The summed E-state index contributed by atoms with van der Waals surface area (Å²) >= 11 is 1.76. The van der Waals surface area contributed by atoms with Crippen LogP contribution in [0.2, 0.25) is 0 Å². The minimum atomic E-state index is 0.619. The van der Waals surface area contributed by atoms with Crippen molar-refractivity contribution in [2.75, 3.05) is 11.4 Å². The number of nitrogens with zero attached hydrogens (tertiary/aromatic N) is 2. The predicted octanol–water partition coefficient (Wildman–Crippen LogP) is 4.33. The fraction of sp³-hybridized carbons (Fsp3) is 0.769. The van der Waals surface area contributed by atoms with E-state index in [2.05, 4.69) is 36.0 Å². The van der Waals surface area contributed by atoms with Crippen molar-refractivity contribution in [1.29, 1.82) is 0 Å². The molecule has 3 heteroatoms. The molecule has 0 amide bonds. The molecular weight excluding hydrogens is 216 g/mol. The van der Waals surface area contributed by atoms with Crippen LogP contribution in [0.1, 0.15) is 52.9 Å². The Kier molecular flexibility index (Phi) is 6.46. The van der Waals surface area contributed by atoms with Gasteiger partial charge in [-0.2, -0.15) is 0 Å². The zero-order valence-corrected chi connectivity index (χ0v) is 11.6. The van der Waals surface area contributed by atoms with E-state index in [9.17, 15) is 0 Å². The predicted molar refractivity (Wildman–Crippen MR) is 73.4 cm³/mol. The molecule has 16 heavy (non-hydrogen) atoms. The van der Waals surface area contributed by atoms with Gasteiger partial charge in [0.25, 0.3) is 0 Å². The van der Waals surface area contributed by atoms with Gasteiger partial charge in [-0.1, -0.05) is 33.1 Å². The number of rotatable bonds is 8. The summed E-state index contributed by atoms with van der Waals surface area (Å²) in [4.78, 5) is 6.92. The largest absolute Gasteiger partial charge is 0.345 e. The molecule has 1 aromatic heterocycles. The third kappa shape index (κ3) is 4.12. The van der Waals surface area contributed by atoms with Gasteiger partial charge in [-0.05, 0) is 19.8 Å². The standard InChI is InChI=1S/C13H24N2S/c1-4-6-7-10-15(12(3)8-5-2)13-14-9-11-16-13/h9,11-12H,4-8,10H2,1-3H3. The second-order valence-electron chi connectivity index (χ2n) is 4.35. The highest BCUT2D eigenvalue weighted by molar-refractivity contribution is 7.13. The van der Waals surface area contributed by atoms with Crippen LogP contribution >= 0.6 is 11.3 Å². The quantitative estimate of drug-likeness (QED) is 0.629. The lowest BCUT2D eigenvalue weighted by Gasteiger charge is -2.28. The number of anilines is 1. The van der Waals surface area contributed by atoms with E-state index in [-0.39, 0.29) is 0 Å². The van der Waals surface area contributed by atoms with Crippen molar-refractivity contribution in [2.24, 2.45) is 0 Å². The Morgan fingerprint density at radius 1 is 1.31 bits per heavy atom. The third-order valence-corrected chi connectivity index (χ3v) is 3.71. The summed E-state index contributed by atoms with van der Waals surface area (Å²) in [6.45, 7) is 7.98. The molecular formula is C13H24N2S. The van der Waals surface area contributed by atoms with Crippen LogP contribution in [-0.4, -0.2) is 17.6 Å². The Labute approximate surface area is 104 Å². The topological polar surface area (TPSA) is 16.1 Å². The average molecular weight is 240 g/mol. The first-order chi connectivity index (χ1) is 7.79. The minimum Gasteiger partial charge on any atom is -0.345 e. The van der Waals surface area contributed by atoms with E-state index in [1.165, 1.54) is 37.2 Å². The molecule has 0 aliphatic heterocycles. The molecule has 0 saturated carbocycles. The molecule has 0 fully saturated rings. The van der Waals surface area contributed by atoms with Gasteiger partial charge in [0, 0.05) is 24.2 Å². The van der Waals surface area contributed by atoms with Gasteiger partial charge in [0.2, 0.25) is 0 Å². The third-order valence-electron chi connectivity index (χ3n) is 2.91. The van der Waals surface area contributed by atoms with Crippen molar-refractivity contribution in [1.82, 2.24) is 4.98 Å². The smallest absolute Gasteiger partial charge is 0.185 e. The van der Waals surface area contributed by atoms with Gasteiger partial charge in [0.15, 0.2) is 5.13 Å². The number of unbranched alkanes of at least 4 members (excludes halogenated alkanes) is 2. The molecule has 0 aliphatic carbocycles. The van der Waals surface area contributed by atoms with Gasteiger partial charge in [-0.25, -0.2) is 4.98 Å². The molecule has 1 rings (SSSR count). The molecule has 0 N–H and O–H groups in total. The van der Waals surface area contributed by atoms with Crippen molar-refractivity contribution in [3.05, 3.63) is 11.6 Å².